The van der Waals surface area contributed by atoms with E-state index in [4.69, 9.17) is 0 Å². The smallest absolute Gasteiger partial charge is 0.00583 e. The lowest BCUT2D eigenvalue weighted by molar-refractivity contribution is 0.471. The summed E-state index contributed by atoms with van der Waals surface area (Å²) in [6.45, 7) is 6.12. The fraction of sp³-hybridized carbons (Fsp3) is 0.333. The number of allylic oxidation sites excluding steroid dienone is 2. The average Bonchev–Trinajstić information content (AvgIpc) is 2.70. The van der Waals surface area contributed by atoms with Crippen LogP contribution in [0.1, 0.15) is 36.8 Å². The fourth-order valence-corrected chi connectivity index (χ4v) is 2.47. The Morgan fingerprint density at radius 2 is 2.20 bits per heavy atom. The van der Waals surface area contributed by atoms with Crippen molar-refractivity contribution < 1.29 is 0 Å². The van der Waals surface area contributed by atoms with Crippen molar-refractivity contribution >= 4 is 6.08 Å². The van der Waals surface area contributed by atoms with Gasteiger partial charge in [-0.1, -0.05) is 55.8 Å². The van der Waals surface area contributed by atoms with Gasteiger partial charge in [0.2, 0.25) is 0 Å². The highest BCUT2D eigenvalue weighted by Crippen LogP contribution is 2.38. The quantitative estimate of drug-likeness (QED) is 0.629. The van der Waals surface area contributed by atoms with Crippen molar-refractivity contribution in [3.8, 4) is 0 Å². The fourth-order valence-electron chi connectivity index (χ4n) is 2.47. The molecule has 15 heavy (non-hydrogen) atoms. The van der Waals surface area contributed by atoms with E-state index < -0.39 is 0 Å². The number of hydrogen-bond donors (Lipinski definition) is 0. The summed E-state index contributed by atoms with van der Waals surface area (Å²) in [6, 6.07) is 8.71. The molecule has 0 bridgehead atoms. The normalized spacial score (nSPS) is 19.9. The highest BCUT2D eigenvalue weighted by Gasteiger charge is 2.23. The maximum atomic E-state index is 3.85. The minimum absolute atomic E-state index is 0.601. The second kappa shape index (κ2) is 4.48. The first-order valence-electron chi connectivity index (χ1n) is 5.74. The van der Waals surface area contributed by atoms with Crippen molar-refractivity contribution in [1.82, 2.24) is 0 Å². The number of hydrogen-bond acceptors (Lipinski definition) is 0. The van der Waals surface area contributed by atoms with Crippen molar-refractivity contribution in [2.24, 2.45) is 5.92 Å². The predicted molar refractivity (Wildman–Crippen MR) is 66.8 cm³/mol. The SMILES string of the molecule is C=CCC(CC)C1C=Cc2ccccc21. The zero-order valence-corrected chi connectivity index (χ0v) is 9.32. The molecule has 0 fully saturated rings. The monoisotopic (exact) mass is 198 g/mol. The summed E-state index contributed by atoms with van der Waals surface area (Å²) in [7, 11) is 0. The Labute approximate surface area is 92.3 Å². The van der Waals surface area contributed by atoms with Crippen LogP contribution in [0.2, 0.25) is 0 Å². The Kier molecular flexibility index (Phi) is 3.05. The molecule has 78 valence electrons. The second-order valence-corrected chi connectivity index (χ2v) is 4.21. The van der Waals surface area contributed by atoms with Crippen LogP contribution in [0.3, 0.4) is 0 Å². The molecule has 2 atom stereocenters. The lowest BCUT2D eigenvalue weighted by Gasteiger charge is -2.20. The molecule has 1 aromatic carbocycles. The highest BCUT2D eigenvalue weighted by atomic mass is 14.3. The van der Waals surface area contributed by atoms with E-state index in [1.165, 1.54) is 17.5 Å². The van der Waals surface area contributed by atoms with E-state index in [1.807, 2.05) is 6.08 Å². The molecule has 0 radical (unpaired) electrons. The minimum Gasteiger partial charge on any atom is -0.103 e. The maximum absolute atomic E-state index is 3.85. The molecule has 0 spiro atoms. The van der Waals surface area contributed by atoms with Gasteiger partial charge in [-0.15, -0.1) is 6.58 Å². The summed E-state index contributed by atoms with van der Waals surface area (Å²) >= 11 is 0. The van der Waals surface area contributed by atoms with E-state index in [2.05, 4.69) is 49.9 Å². The molecule has 1 aromatic rings. The topological polar surface area (TPSA) is 0 Å². The van der Waals surface area contributed by atoms with Crippen LogP contribution in [0.5, 0.6) is 0 Å². The minimum atomic E-state index is 0.601. The van der Waals surface area contributed by atoms with Gasteiger partial charge in [0.05, 0.1) is 0 Å². The van der Waals surface area contributed by atoms with E-state index in [0.29, 0.717) is 11.8 Å². The highest BCUT2D eigenvalue weighted by molar-refractivity contribution is 5.62. The van der Waals surface area contributed by atoms with E-state index in [1.54, 1.807) is 0 Å². The third-order valence-corrected chi connectivity index (χ3v) is 3.34. The molecule has 0 aromatic heterocycles. The van der Waals surface area contributed by atoms with Crippen LogP contribution >= 0.6 is 0 Å². The summed E-state index contributed by atoms with van der Waals surface area (Å²) in [5, 5.41) is 0. The van der Waals surface area contributed by atoms with E-state index in [0.717, 1.165) is 6.42 Å². The van der Waals surface area contributed by atoms with E-state index in [-0.39, 0.29) is 0 Å². The summed E-state index contributed by atoms with van der Waals surface area (Å²) in [5.41, 5.74) is 2.89. The number of rotatable bonds is 4. The van der Waals surface area contributed by atoms with Gasteiger partial charge in [-0.25, -0.2) is 0 Å². The third-order valence-electron chi connectivity index (χ3n) is 3.34. The van der Waals surface area contributed by atoms with Gasteiger partial charge in [0, 0.05) is 5.92 Å². The molecule has 1 aliphatic rings. The molecule has 0 saturated carbocycles. The van der Waals surface area contributed by atoms with E-state index >= 15 is 0 Å². The first-order chi connectivity index (χ1) is 7.36. The van der Waals surface area contributed by atoms with Gasteiger partial charge >= 0.3 is 0 Å². The Hall–Kier alpha value is -1.30. The van der Waals surface area contributed by atoms with Crippen LogP contribution in [-0.4, -0.2) is 0 Å². The van der Waals surface area contributed by atoms with Gasteiger partial charge < -0.3 is 0 Å². The Morgan fingerprint density at radius 1 is 1.40 bits per heavy atom. The molecule has 1 aliphatic carbocycles. The van der Waals surface area contributed by atoms with Crippen LogP contribution in [0, 0.1) is 5.92 Å². The Balaban J connectivity index is 2.26. The molecule has 0 saturated heterocycles. The summed E-state index contributed by atoms with van der Waals surface area (Å²) in [4.78, 5) is 0. The van der Waals surface area contributed by atoms with E-state index in [9.17, 15) is 0 Å². The molecular weight excluding hydrogens is 180 g/mol. The van der Waals surface area contributed by atoms with Crippen LogP contribution in [0.25, 0.3) is 6.08 Å². The molecule has 0 heterocycles. The molecule has 2 rings (SSSR count). The first-order valence-corrected chi connectivity index (χ1v) is 5.74. The Morgan fingerprint density at radius 3 is 2.93 bits per heavy atom. The van der Waals surface area contributed by atoms with Gasteiger partial charge in [0.25, 0.3) is 0 Å². The lowest BCUT2D eigenvalue weighted by atomic mass is 9.84. The number of benzene rings is 1. The summed E-state index contributed by atoms with van der Waals surface area (Å²) < 4.78 is 0. The molecular formula is C15H18. The maximum Gasteiger partial charge on any atom is 0.00583 e. The zero-order chi connectivity index (χ0) is 10.7. The van der Waals surface area contributed by atoms with Crippen molar-refractivity contribution in [3.05, 3.63) is 54.1 Å². The van der Waals surface area contributed by atoms with Crippen LogP contribution in [0.15, 0.2) is 43.0 Å². The van der Waals surface area contributed by atoms with Crippen LogP contribution in [-0.2, 0) is 0 Å². The van der Waals surface area contributed by atoms with Crippen LogP contribution < -0.4 is 0 Å². The molecule has 0 N–H and O–H groups in total. The van der Waals surface area contributed by atoms with Gasteiger partial charge in [-0.3, -0.25) is 0 Å². The standard InChI is InChI=1S/C15H18/c1-3-7-12(4-2)15-11-10-13-8-5-6-9-14(13)15/h3,5-6,8-12,15H,1,4,7H2,2H3. The zero-order valence-electron chi connectivity index (χ0n) is 9.32. The predicted octanol–water partition coefficient (Wildman–Crippen LogP) is 4.40. The molecule has 0 aliphatic heterocycles. The number of fused-ring (bicyclic) bond motifs is 1. The molecule has 2 unspecified atom stereocenters. The van der Waals surface area contributed by atoms with Crippen molar-refractivity contribution in [3.63, 3.8) is 0 Å². The second-order valence-electron chi connectivity index (χ2n) is 4.21. The van der Waals surface area contributed by atoms with Gasteiger partial charge in [-0.05, 0) is 23.5 Å². The average molecular weight is 198 g/mol. The van der Waals surface area contributed by atoms with Gasteiger partial charge in [-0.2, -0.15) is 0 Å². The molecule has 0 amide bonds. The third kappa shape index (κ3) is 1.90. The first kappa shape index (κ1) is 10.2. The van der Waals surface area contributed by atoms with Gasteiger partial charge in [0.15, 0.2) is 0 Å². The Bertz CT molecular complexity index is 373. The van der Waals surface area contributed by atoms with Gasteiger partial charge in [0.1, 0.15) is 0 Å². The van der Waals surface area contributed by atoms with Crippen molar-refractivity contribution in [1.29, 1.82) is 0 Å². The van der Waals surface area contributed by atoms with Crippen molar-refractivity contribution in [2.75, 3.05) is 0 Å². The summed E-state index contributed by atoms with van der Waals surface area (Å²) in [5.74, 6) is 1.31. The largest absolute Gasteiger partial charge is 0.103 e. The van der Waals surface area contributed by atoms with Crippen LogP contribution in [0.4, 0.5) is 0 Å². The summed E-state index contributed by atoms with van der Waals surface area (Å²) in [6.07, 6.45) is 8.98. The molecule has 0 heteroatoms. The lowest BCUT2D eigenvalue weighted by Crippen LogP contribution is -2.08. The molecule has 0 nitrogen and oxygen atoms in total. The van der Waals surface area contributed by atoms with Crippen molar-refractivity contribution in [2.45, 2.75) is 25.7 Å².